The summed E-state index contributed by atoms with van der Waals surface area (Å²) in [4.78, 5) is 0. The lowest BCUT2D eigenvalue weighted by Gasteiger charge is -2.22. The Morgan fingerprint density at radius 1 is 1.46 bits per heavy atom. The van der Waals surface area contributed by atoms with E-state index in [2.05, 4.69) is 31.4 Å². The molecule has 3 nitrogen and oxygen atoms in total. The van der Waals surface area contributed by atoms with Crippen LogP contribution in [-0.4, -0.2) is 39.4 Å². The number of likely N-dealkylation sites (N-methyl/N-ethyl adjacent to an activating group) is 1. The van der Waals surface area contributed by atoms with Crippen molar-refractivity contribution in [2.45, 2.75) is 26.9 Å². The first kappa shape index (κ1) is 12.9. The van der Waals surface area contributed by atoms with Crippen LogP contribution in [0.5, 0.6) is 0 Å². The lowest BCUT2D eigenvalue weighted by atomic mass is 10.3. The molecule has 0 saturated carbocycles. The minimum Gasteiger partial charge on any atom is -0.374 e. The minimum absolute atomic E-state index is 0.378. The molecular weight excluding hydrogens is 164 g/mol. The quantitative estimate of drug-likeness (QED) is 0.674. The molecule has 0 bridgehead atoms. The molecule has 80 valence electrons. The van der Waals surface area contributed by atoms with E-state index in [4.69, 9.17) is 4.74 Å². The van der Waals surface area contributed by atoms with Crippen molar-refractivity contribution in [1.82, 2.24) is 10.6 Å². The fraction of sp³-hybridized carbons (Fsp3) is 1.00. The van der Waals surface area contributed by atoms with Crippen molar-refractivity contribution in [2.24, 2.45) is 5.92 Å². The van der Waals surface area contributed by atoms with Gasteiger partial charge in [-0.2, -0.15) is 0 Å². The van der Waals surface area contributed by atoms with Crippen molar-refractivity contribution in [2.75, 3.05) is 33.3 Å². The topological polar surface area (TPSA) is 33.3 Å². The van der Waals surface area contributed by atoms with Gasteiger partial charge in [-0.25, -0.2) is 0 Å². The number of morpholine rings is 1. The summed E-state index contributed by atoms with van der Waals surface area (Å²) < 4.78 is 5.39. The second kappa shape index (κ2) is 8.48. The molecule has 0 radical (unpaired) electrons. The van der Waals surface area contributed by atoms with Crippen LogP contribution in [0.3, 0.4) is 0 Å². The van der Waals surface area contributed by atoms with Crippen LogP contribution in [0, 0.1) is 5.92 Å². The largest absolute Gasteiger partial charge is 0.374 e. The third-order valence-corrected chi connectivity index (χ3v) is 1.44. The third kappa shape index (κ3) is 9.80. The zero-order chi connectivity index (χ0) is 10.1. The summed E-state index contributed by atoms with van der Waals surface area (Å²) in [5, 5.41) is 6.33. The SMILES string of the molecule is CC(C)C.CNCC1CNCCO1. The van der Waals surface area contributed by atoms with Crippen molar-refractivity contribution in [3.8, 4) is 0 Å². The van der Waals surface area contributed by atoms with Crippen LogP contribution in [0.2, 0.25) is 0 Å². The van der Waals surface area contributed by atoms with E-state index in [0.29, 0.717) is 6.10 Å². The van der Waals surface area contributed by atoms with Crippen molar-refractivity contribution < 1.29 is 4.74 Å². The molecule has 1 saturated heterocycles. The first-order valence-electron chi connectivity index (χ1n) is 5.13. The number of hydrogen-bond acceptors (Lipinski definition) is 3. The molecule has 0 aromatic rings. The normalized spacial score (nSPS) is 22.4. The lowest BCUT2D eigenvalue weighted by molar-refractivity contribution is 0.0304. The molecule has 0 aromatic heterocycles. The molecule has 1 aliphatic rings. The second-order valence-electron chi connectivity index (χ2n) is 3.99. The van der Waals surface area contributed by atoms with E-state index in [0.717, 1.165) is 32.2 Å². The predicted molar refractivity (Wildman–Crippen MR) is 57.0 cm³/mol. The summed E-state index contributed by atoms with van der Waals surface area (Å²) in [6.07, 6.45) is 0.378. The van der Waals surface area contributed by atoms with Gasteiger partial charge in [0.25, 0.3) is 0 Å². The Bertz CT molecular complexity index is 95.6. The average molecular weight is 188 g/mol. The fourth-order valence-electron chi connectivity index (χ4n) is 0.979. The van der Waals surface area contributed by atoms with Gasteiger partial charge in [0, 0.05) is 19.6 Å². The molecule has 0 spiro atoms. The van der Waals surface area contributed by atoms with Gasteiger partial charge < -0.3 is 15.4 Å². The van der Waals surface area contributed by atoms with Gasteiger partial charge >= 0.3 is 0 Å². The Labute approximate surface area is 82.2 Å². The maximum atomic E-state index is 5.39. The molecule has 1 heterocycles. The molecular formula is C10H24N2O. The Morgan fingerprint density at radius 2 is 2.08 bits per heavy atom. The van der Waals surface area contributed by atoms with Gasteiger partial charge in [0.1, 0.15) is 0 Å². The van der Waals surface area contributed by atoms with Crippen LogP contribution in [0.25, 0.3) is 0 Å². The Balaban J connectivity index is 0.000000310. The van der Waals surface area contributed by atoms with Crippen LogP contribution in [0.4, 0.5) is 0 Å². The minimum atomic E-state index is 0.378. The Kier molecular flexibility index (Phi) is 8.40. The van der Waals surface area contributed by atoms with Crippen molar-refractivity contribution in [1.29, 1.82) is 0 Å². The summed E-state index contributed by atoms with van der Waals surface area (Å²) >= 11 is 0. The first-order chi connectivity index (χ1) is 6.16. The highest BCUT2D eigenvalue weighted by Gasteiger charge is 2.10. The summed E-state index contributed by atoms with van der Waals surface area (Å²) in [6, 6.07) is 0. The van der Waals surface area contributed by atoms with E-state index in [-0.39, 0.29) is 0 Å². The summed E-state index contributed by atoms with van der Waals surface area (Å²) in [7, 11) is 1.94. The average Bonchev–Trinajstić information content (AvgIpc) is 2.06. The summed E-state index contributed by atoms with van der Waals surface area (Å²) in [5.41, 5.74) is 0. The van der Waals surface area contributed by atoms with Gasteiger partial charge in [-0.15, -0.1) is 0 Å². The standard InChI is InChI=1S/C6H14N2O.C4H10/c1-7-4-6-5-8-2-3-9-6;1-4(2)3/h6-8H,2-5H2,1H3;4H,1-3H3. The molecule has 2 N–H and O–H groups in total. The summed E-state index contributed by atoms with van der Waals surface area (Å²) in [6.45, 7) is 10.3. The Morgan fingerprint density at radius 3 is 2.46 bits per heavy atom. The smallest absolute Gasteiger partial charge is 0.0824 e. The van der Waals surface area contributed by atoms with Gasteiger partial charge in [-0.3, -0.25) is 0 Å². The van der Waals surface area contributed by atoms with E-state index in [1.54, 1.807) is 0 Å². The molecule has 0 aliphatic carbocycles. The van der Waals surface area contributed by atoms with Crippen LogP contribution in [-0.2, 0) is 4.74 Å². The molecule has 1 fully saturated rings. The van der Waals surface area contributed by atoms with Crippen LogP contribution in [0.1, 0.15) is 20.8 Å². The molecule has 3 heteroatoms. The highest BCUT2D eigenvalue weighted by Crippen LogP contribution is 1.92. The third-order valence-electron chi connectivity index (χ3n) is 1.44. The number of hydrogen-bond donors (Lipinski definition) is 2. The predicted octanol–water partition coefficient (Wildman–Crippen LogP) is 0.857. The van der Waals surface area contributed by atoms with Gasteiger partial charge in [-0.1, -0.05) is 20.8 Å². The number of nitrogens with one attached hydrogen (secondary N) is 2. The molecule has 0 aromatic carbocycles. The summed E-state index contributed by atoms with van der Waals surface area (Å²) in [5.74, 6) is 0.833. The van der Waals surface area contributed by atoms with Crippen LogP contribution < -0.4 is 10.6 Å². The van der Waals surface area contributed by atoms with E-state index in [1.807, 2.05) is 7.05 Å². The van der Waals surface area contributed by atoms with E-state index >= 15 is 0 Å². The fourth-order valence-corrected chi connectivity index (χ4v) is 0.979. The van der Waals surface area contributed by atoms with Gasteiger partial charge in [0.2, 0.25) is 0 Å². The van der Waals surface area contributed by atoms with Crippen LogP contribution >= 0.6 is 0 Å². The first-order valence-corrected chi connectivity index (χ1v) is 5.13. The van der Waals surface area contributed by atoms with Crippen LogP contribution in [0.15, 0.2) is 0 Å². The van der Waals surface area contributed by atoms with Gasteiger partial charge in [0.05, 0.1) is 12.7 Å². The lowest BCUT2D eigenvalue weighted by Crippen LogP contribution is -2.43. The van der Waals surface area contributed by atoms with E-state index in [9.17, 15) is 0 Å². The molecule has 1 unspecified atom stereocenters. The maximum Gasteiger partial charge on any atom is 0.0824 e. The van der Waals surface area contributed by atoms with Gasteiger partial charge in [-0.05, 0) is 13.0 Å². The van der Waals surface area contributed by atoms with Crippen molar-refractivity contribution >= 4 is 0 Å². The van der Waals surface area contributed by atoms with E-state index < -0.39 is 0 Å². The molecule has 1 atom stereocenters. The Hall–Kier alpha value is -0.120. The van der Waals surface area contributed by atoms with Crippen molar-refractivity contribution in [3.63, 3.8) is 0 Å². The highest BCUT2D eigenvalue weighted by molar-refractivity contribution is 4.67. The highest BCUT2D eigenvalue weighted by atomic mass is 16.5. The molecule has 1 aliphatic heterocycles. The zero-order valence-corrected chi connectivity index (χ0v) is 9.39. The van der Waals surface area contributed by atoms with Crippen molar-refractivity contribution in [3.05, 3.63) is 0 Å². The number of ether oxygens (including phenoxy) is 1. The van der Waals surface area contributed by atoms with E-state index in [1.165, 1.54) is 0 Å². The monoisotopic (exact) mass is 188 g/mol. The molecule has 13 heavy (non-hydrogen) atoms. The second-order valence-corrected chi connectivity index (χ2v) is 3.99. The molecule has 0 amide bonds. The number of rotatable bonds is 2. The maximum absolute atomic E-state index is 5.39. The van der Waals surface area contributed by atoms with Gasteiger partial charge in [0.15, 0.2) is 0 Å². The zero-order valence-electron chi connectivity index (χ0n) is 9.39. The molecule has 1 rings (SSSR count).